The Hall–Kier alpha value is -1.26. The average Bonchev–Trinajstić information content (AvgIpc) is 3.16. The van der Waals surface area contributed by atoms with Crippen LogP contribution in [0.3, 0.4) is 0 Å². The molecular formula is C16H21N3S. The van der Waals surface area contributed by atoms with E-state index in [0.717, 1.165) is 35.4 Å². The lowest BCUT2D eigenvalue weighted by atomic mass is 10.0. The first-order valence-corrected chi connectivity index (χ1v) is 8.36. The van der Waals surface area contributed by atoms with Crippen molar-refractivity contribution < 1.29 is 0 Å². The van der Waals surface area contributed by atoms with Crippen molar-refractivity contribution in [2.45, 2.75) is 38.6 Å². The van der Waals surface area contributed by atoms with Gasteiger partial charge < -0.3 is 5.32 Å². The number of nitrogens with one attached hydrogen (secondary N) is 1. The summed E-state index contributed by atoms with van der Waals surface area (Å²) in [6.07, 6.45) is 8.87. The Morgan fingerprint density at radius 2 is 2.15 bits per heavy atom. The summed E-state index contributed by atoms with van der Waals surface area (Å²) in [7, 11) is 0. The summed E-state index contributed by atoms with van der Waals surface area (Å²) >= 11 is 1.67. The maximum Gasteiger partial charge on any atom is 0.142 e. The Morgan fingerprint density at radius 3 is 2.95 bits per heavy atom. The molecular weight excluding hydrogens is 266 g/mol. The van der Waals surface area contributed by atoms with Gasteiger partial charge in [0.15, 0.2) is 0 Å². The van der Waals surface area contributed by atoms with E-state index in [1.807, 2.05) is 24.4 Å². The Morgan fingerprint density at radius 1 is 1.25 bits per heavy atom. The molecule has 20 heavy (non-hydrogen) atoms. The topological polar surface area (TPSA) is 37.8 Å². The smallest absolute Gasteiger partial charge is 0.142 e. The Kier molecular flexibility index (Phi) is 4.77. The highest BCUT2D eigenvalue weighted by atomic mass is 32.1. The molecule has 0 atom stereocenters. The van der Waals surface area contributed by atoms with Crippen LogP contribution in [0.4, 0.5) is 0 Å². The van der Waals surface area contributed by atoms with Crippen LogP contribution in [0.5, 0.6) is 0 Å². The largest absolute Gasteiger partial charge is 0.311 e. The van der Waals surface area contributed by atoms with Gasteiger partial charge in [0.1, 0.15) is 5.01 Å². The summed E-state index contributed by atoms with van der Waals surface area (Å²) in [5.74, 6) is 0.960. The predicted molar refractivity (Wildman–Crippen MR) is 83.6 cm³/mol. The van der Waals surface area contributed by atoms with Crippen LogP contribution in [-0.4, -0.2) is 16.5 Å². The van der Waals surface area contributed by atoms with Crippen molar-refractivity contribution >= 4 is 11.3 Å². The third-order valence-electron chi connectivity index (χ3n) is 3.95. The lowest BCUT2D eigenvalue weighted by Gasteiger charge is -2.08. The Balaban J connectivity index is 1.45. The number of aromatic nitrogens is 2. The first-order valence-electron chi connectivity index (χ1n) is 7.48. The van der Waals surface area contributed by atoms with E-state index in [-0.39, 0.29) is 0 Å². The zero-order chi connectivity index (χ0) is 13.6. The van der Waals surface area contributed by atoms with Gasteiger partial charge in [0.2, 0.25) is 0 Å². The predicted octanol–water partition coefficient (Wildman–Crippen LogP) is 3.88. The van der Waals surface area contributed by atoms with E-state index >= 15 is 0 Å². The first kappa shape index (κ1) is 13.7. The maximum atomic E-state index is 4.64. The van der Waals surface area contributed by atoms with Gasteiger partial charge in [-0.15, -0.1) is 11.3 Å². The van der Waals surface area contributed by atoms with Crippen molar-refractivity contribution in [3.8, 4) is 10.7 Å². The van der Waals surface area contributed by atoms with Crippen LogP contribution in [0.2, 0.25) is 0 Å². The highest BCUT2D eigenvalue weighted by molar-refractivity contribution is 7.13. The van der Waals surface area contributed by atoms with Gasteiger partial charge in [-0.2, -0.15) is 0 Å². The average molecular weight is 287 g/mol. The van der Waals surface area contributed by atoms with Gasteiger partial charge in [-0.1, -0.05) is 31.7 Å². The number of pyridine rings is 1. The van der Waals surface area contributed by atoms with Gasteiger partial charge in [-0.3, -0.25) is 4.98 Å². The summed E-state index contributed by atoms with van der Waals surface area (Å²) in [5.41, 5.74) is 2.09. The molecule has 0 aliphatic heterocycles. The molecule has 3 nitrogen and oxygen atoms in total. The molecule has 1 saturated carbocycles. The molecule has 4 heteroatoms. The SMILES string of the molecule is c1ccc(-c2nc(CNCCC3CCCC3)cs2)nc1. The normalized spacial score (nSPS) is 15.8. The molecule has 1 fully saturated rings. The first-order chi connectivity index (χ1) is 9.92. The highest BCUT2D eigenvalue weighted by Crippen LogP contribution is 2.27. The minimum Gasteiger partial charge on any atom is -0.311 e. The molecule has 0 aromatic carbocycles. The zero-order valence-corrected chi connectivity index (χ0v) is 12.5. The number of hydrogen-bond acceptors (Lipinski definition) is 4. The van der Waals surface area contributed by atoms with E-state index in [2.05, 4.69) is 20.7 Å². The molecule has 0 amide bonds. The molecule has 1 N–H and O–H groups in total. The van der Waals surface area contributed by atoms with E-state index in [1.165, 1.54) is 32.1 Å². The summed E-state index contributed by atoms with van der Waals surface area (Å²) in [5, 5.41) is 6.66. The van der Waals surface area contributed by atoms with Gasteiger partial charge in [-0.25, -0.2) is 4.98 Å². The molecule has 2 aromatic heterocycles. The van der Waals surface area contributed by atoms with Gasteiger partial charge in [0, 0.05) is 18.1 Å². The van der Waals surface area contributed by atoms with E-state index in [4.69, 9.17) is 0 Å². The summed E-state index contributed by atoms with van der Waals surface area (Å²) in [6, 6.07) is 5.95. The molecule has 0 spiro atoms. The van der Waals surface area contributed by atoms with Crippen molar-refractivity contribution in [2.24, 2.45) is 5.92 Å². The summed E-state index contributed by atoms with van der Waals surface area (Å²) < 4.78 is 0. The second-order valence-corrected chi connectivity index (χ2v) is 6.33. The maximum absolute atomic E-state index is 4.64. The van der Waals surface area contributed by atoms with Crippen molar-refractivity contribution in [1.29, 1.82) is 0 Å². The molecule has 0 radical (unpaired) electrons. The Bertz CT molecular complexity index is 518. The van der Waals surface area contributed by atoms with Crippen molar-refractivity contribution in [3.05, 3.63) is 35.5 Å². The zero-order valence-electron chi connectivity index (χ0n) is 11.7. The van der Waals surface area contributed by atoms with Gasteiger partial charge in [0.05, 0.1) is 11.4 Å². The van der Waals surface area contributed by atoms with Gasteiger partial charge in [0.25, 0.3) is 0 Å². The molecule has 1 aliphatic rings. The van der Waals surface area contributed by atoms with Crippen molar-refractivity contribution in [1.82, 2.24) is 15.3 Å². The fraction of sp³-hybridized carbons (Fsp3) is 0.500. The second kappa shape index (κ2) is 6.95. The summed E-state index contributed by atoms with van der Waals surface area (Å²) in [4.78, 5) is 8.98. The van der Waals surface area contributed by atoms with Crippen LogP contribution in [0, 0.1) is 5.92 Å². The van der Waals surface area contributed by atoms with Crippen molar-refractivity contribution in [3.63, 3.8) is 0 Å². The summed E-state index contributed by atoms with van der Waals surface area (Å²) in [6.45, 7) is 1.98. The monoisotopic (exact) mass is 287 g/mol. The van der Waals surface area contributed by atoms with Crippen LogP contribution in [-0.2, 0) is 6.54 Å². The van der Waals surface area contributed by atoms with Crippen LogP contribution in [0.25, 0.3) is 10.7 Å². The number of rotatable bonds is 6. The lowest BCUT2D eigenvalue weighted by Crippen LogP contribution is -2.17. The van der Waals surface area contributed by atoms with Gasteiger partial charge in [-0.05, 0) is 31.0 Å². The van der Waals surface area contributed by atoms with Crippen LogP contribution < -0.4 is 5.32 Å². The molecule has 0 bridgehead atoms. The number of hydrogen-bond donors (Lipinski definition) is 1. The third kappa shape index (κ3) is 3.64. The minimum atomic E-state index is 0.871. The third-order valence-corrected chi connectivity index (χ3v) is 4.86. The molecule has 3 rings (SSSR count). The fourth-order valence-corrected chi connectivity index (χ4v) is 3.61. The molecule has 106 valence electrons. The standard InChI is InChI=1S/C16H21N3S/c1-2-6-13(5-1)8-10-17-11-14-12-20-16(19-14)15-7-3-4-9-18-15/h3-4,7,9,12-13,17H,1-2,5-6,8,10-11H2. The number of nitrogens with zero attached hydrogens (tertiary/aromatic N) is 2. The van der Waals surface area contributed by atoms with E-state index in [9.17, 15) is 0 Å². The van der Waals surface area contributed by atoms with E-state index < -0.39 is 0 Å². The van der Waals surface area contributed by atoms with Crippen LogP contribution >= 0.6 is 11.3 Å². The Labute approximate surface area is 124 Å². The van der Waals surface area contributed by atoms with Crippen LogP contribution in [0.15, 0.2) is 29.8 Å². The molecule has 2 heterocycles. The van der Waals surface area contributed by atoms with E-state index in [0.29, 0.717) is 0 Å². The lowest BCUT2D eigenvalue weighted by molar-refractivity contribution is 0.476. The molecule has 0 saturated heterocycles. The highest BCUT2D eigenvalue weighted by Gasteiger charge is 2.14. The van der Waals surface area contributed by atoms with E-state index in [1.54, 1.807) is 11.3 Å². The molecule has 2 aromatic rings. The van der Waals surface area contributed by atoms with Gasteiger partial charge >= 0.3 is 0 Å². The second-order valence-electron chi connectivity index (χ2n) is 5.47. The minimum absolute atomic E-state index is 0.871. The molecule has 0 unspecified atom stereocenters. The van der Waals surface area contributed by atoms with Crippen LogP contribution in [0.1, 0.15) is 37.8 Å². The quantitative estimate of drug-likeness (QED) is 0.819. The fourth-order valence-electron chi connectivity index (χ4n) is 2.82. The number of thiazole rings is 1. The molecule has 1 aliphatic carbocycles. The van der Waals surface area contributed by atoms with Crippen molar-refractivity contribution in [2.75, 3.05) is 6.54 Å².